The van der Waals surface area contributed by atoms with E-state index in [1.807, 2.05) is 30.3 Å². The molecule has 3 aromatic rings. The van der Waals surface area contributed by atoms with Crippen LogP contribution in [0.5, 0.6) is 0 Å². The highest BCUT2D eigenvalue weighted by molar-refractivity contribution is 7.95. The lowest BCUT2D eigenvalue weighted by Gasteiger charge is -2.34. The number of amides is 2. The molecule has 1 aliphatic heterocycles. The highest BCUT2D eigenvalue weighted by Gasteiger charge is 2.35. The second kappa shape index (κ2) is 10.8. The quantitative estimate of drug-likeness (QED) is 0.449. The van der Waals surface area contributed by atoms with E-state index in [1.165, 1.54) is 35.6 Å². The van der Waals surface area contributed by atoms with E-state index in [0.717, 1.165) is 21.5 Å². The molecule has 11 heteroatoms. The Morgan fingerprint density at radius 3 is 2.82 bits per heavy atom. The maximum Gasteiger partial charge on any atom is 0.242 e. The van der Waals surface area contributed by atoms with Crippen LogP contribution >= 0.6 is 23.5 Å². The van der Waals surface area contributed by atoms with E-state index in [9.17, 15) is 14.0 Å². The summed E-state index contributed by atoms with van der Waals surface area (Å²) in [5.74, 6) is -1.22. The number of hydrogen-bond acceptors (Lipinski definition) is 8. The predicted octanol–water partition coefficient (Wildman–Crippen LogP) is 3.30. The first kappa shape index (κ1) is 23.8. The molecule has 1 aliphatic rings. The smallest absolute Gasteiger partial charge is 0.242 e. The van der Waals surface area contributed by atoms with Gasteiger partial charge in [0, 0.05) is 34.5 Å². The molecule has 0 bridgehead atoms. The van der Waals surface area contributed by atoms with Crippen molar-refractivity contribution in [3.63, 3.8) is 0 Å². The Balaban J connectivity index is 1.34. The number of anilines is 1. The molecule has 1 aromatic heterocycles. The molecule has 2 atom stereocenters. The number of nitrogens with one attached hydrogen (secondary N) is 3. The van der Waals surface area contributed by atoms with Gasteiger partial charge in [0.25, 0.3) is 0 Å². The van der Waals surface area contributed by atoms with Gasteiger partial charge in [-0.3, -0.25) is 9.59 Å². The van der Waals surface area contributed by atoms with Crippen molar-refractivity contribution in [3.05, 3.63) is 71.0 Å². The first-order chi connectivity index (χ1) is 16.4. The molecule has 0 radical (unpaired) electrons. The number of benzene rings is 2. The summed E-state index contributed by atoms with van der Waals surface area (Å²) < 4.78 is 18.3. The standard InChI is InChI=1S/C23H21FN6O2S2/c1-30-20(22(32)28-16-7-8-18(24)15(9-16)11-25)10-19(29-34-30)21(31)26-12-17-13-27-23(33-17)14-5-3-2-4-6-14/h2-9,13,19-20,29H,10,12H2,1H3,(H,26,31)(H,28,32). The Bertz CT molecular complexity index is 1230. The van der Waals surface area contributed by atoms with Crippen LogP contribution in [0.25, 0.3) is 10.6 Å². The van der Waals surface area contributed by atoms with Gasteiger partial charge in [0.2, 0.25) is 11.8 Å². The first-order valence-electron chi connectivity index (χ1n) is 10.4. The number of likely N-dealkylation sites (N-methyl/N-ethyl adjacent to an activating group) is 1. The van der Waals surface area contributed by atoms with E-state index >= 15 is 0 Å². The molecule has 2 amide bonds. The van der Waals surface area contributed by atoms with Crippen LogP contribution in [0.2, 0.25) is 0 Å². The lowest BCUT2D eigenvalue weighted by Crippen LogP contribution is -2.53. The second-order valence-corrected chi connectivity index (χ2v) is 9.68. The van der Waals surface area contributed by atoms with Crippen molar-refractivity contribution in [2.24, 2.45) is 0 Å². The summed E-state index contributed by atoms with van der Waals surface area (Å²) in [7, 11) is 1.74. The summed E-state index contributed by atoms with van der Waals surface area (Å²) in [5, 5.41) is 15.5. The summed E-state index contributed by atoms with van der Waals surface area (Å²) >= 11 is 2.69. The molecule has 1 fully saturated rings. The van der Waals surface area contributed by atoms with E-state index in [4.69, 9.17) is 5.26 Å². The molecular formula is C23H21FN6O2S2. The molecule has 34 heavy (non-hydrogen) atoms. The lowest BCUT2D eigenvalue weighted by molar-refractivity contribution is -0.124. The van der Waals surface area contributed by atoms with Gasteiger partial charge >= 0.3 is 0 Å². The fourth-order valence-electron chi connectivity index (χ4n) is 3.38. The van der Waals surface area contributed by atoms with Gasteiger partial charge in [0.15, 0.2) is 0 Å². The van der Waals surface area contributed by atoms with Crippen LogP contribution in [0.1, 0.15) is 16.9 Å². The molecule has 174 valence electrons. The number of thiazole rings is 1. The topological polar surface area (TPSA) is 110 Å². The van der Waals surface area contributed by atoms with Crippen molar-refractivity contribution in [2.45, 2.75) is 25.0 Å². The van der Waals surface area contributed by atoms with Gasteiger partial charge in [-0.25, -0.2) is 18.4 Å². The third-order valence-corrected chi connectivity index (χ3v) is 7.20. The summed E-state index contributed by atoms with van der Waals surface area (Å²) in [4.78, 5) is 31.0. The Morgan fingerprint density at radius 1 is 1.26 bits per heavy atom. The average Bonchev–Trinajstić information content (AvgIpc) is 3.33. The van der Waals surface area contributed by atoms with Crippen molar-refractivity contribution >= 4 is 41.0 Å². The Labute approximate surface area is 204 Å². The van der Waals surface area contributed by atoms with Crippen molar-refractivity contribution in [1.29, 1.82) is 5.26 Å². The van der Waals surface area contributed by atoms with Gasteiger partial charge in [-0.1, -0.05) is 30.3 Å². The predicted molar refractivity (Wildman–Crippen MR) is 130 cm³/mol. The summed E-state index contributed by atoms with van der Waals surface area (Å²) in [5.41, 5.74) is 1.19. The summed E-state index contributed by atoms with van der Waals surface area (Å²) in [6, 6.07) is 14.2. The minimum Gasteiger partial charge on any atom is -0.350 e. The highest BCUT2D eigenvalue weighted by Crippen LogP contribution is 2.26. The molecule has 0 spiro atoms. The third-order valence-electron chi connectivity index (χ3n) is 5.22. The fraction of sp³-hybridized carbons (Fsp3) is 0.217. The van der Waals surface area contributed by atoms with Crippen molar-refractivity contribution in [3.8, 4) is 16.6 Å². The van der Waals surface area contributed by atoms with E-state index in [0.29, 0.717) is 12.2 Å². The van der Waals surface area contributed by atoms with Crippen LogP contribution in [0.15, 0.2) is 54.7 Å². The Morgan fingerprint density at radius 2 is 2.06 bits per heavy atom. The first-order valence-corrected chi connectivity index (χ1v) is 12.0. The van der Waals surface area contributed by atoms with Gasteiger partial charge in [-0.05, 0) is 31.7 Å². The minimum atomic E-state index is -0.649. The molecule has 0 saturated carbocycles. The molecule has 4 rings (SSSR count). The summed E-state index contributed by atoms with van der Waals surface area (Å²) in [6.07, 6.45) is 1.99. The van der Waals surface area contributed by atoms with Crippen LogP contribution in [-0.4, -0.2) is 40.2 Å². The molecule has 2 aromatic carbocycles. The zero-order valence-electron chi connectivity index (χ0n) is 18.1. The maximum absolute atomic E-state index is 13.5. The van der Waals surface area contributed by atoms with Gasteiger partial charge in [0.1, 0.15) is 22.9 Å². The van der Waals surface area contributed by atoms with Gasteiger partial charge in [-0.15, -0.1) is 11.3 Å². The highest BCUT2D eigenvalue weighted by atomic mass is 32.2. The number of carbonyl (C=O) groups excluding carboxylic acids is 2. The van der Waals surface area contributed by atoms with Gasteiger partial charge in [0.05, 0.1) is 18.2 Å². The normalized spacial score (nSPS) is 18.1. The Kier molecular flexibility index (Phi) is 7.54. The van der Waals surface area contributed by atoms with Crippen molar-refractivity contribution < 1.29 is 14.0 Å². The van der Waals surface area contributed by atoms with Crippen LogP contribution in [-0.2, 0) is 16.1 Å². The van der Waals surface area contributed by atoms with E-state index in [-0.39, 0.29) is 23.8 Å². The molecule has 2 unspecified atom stereocenters. The largest absolute Gasteiger partial charge is 0.350 e. The second-order valence-electron chi connectivity index (χ2n) is 7.57. The van der Waals surface area contributed by atoms with E-state index in [1.54, 1.807) is 23.6 Å². The van der Waals surface area contributed by atoms with E-state index < -0.39 is 17.9 Å². The lowest BCUT2D eigenvalue weighted by atomic mass is 10.1. The third kappa shape index (κ3) is 5.60. The molecular weight excluding hydrogens is 475 g/mol. The fourth-order valence-corrected chi connectivity index (χ4v) is 5.04. The summed E-state index contributed by atoms with van der Waals surface area (Å²) in [6.45, 7) is 0.339. The molecule has 2 heterocycles. The maximum atomic E-state index is 13.5. The van der Waals surface area contributed by atoms with Gasteiger partial charge in [-0.2, -0.15) is 5.26 Å². The number of aromatic nitrogens is 1. The van der Waals surface area contributed by atoms with E-state index in [2.05, 4.69) is 20.3 Å². The number of rotatable bonds is 6. The van der Waals surface area contributed by atoms with Crippen LogP contribution < -0.4 is 15.4 Å². The Hall–Kier alpha value is -3.30. The van der Waals surface area contributed by atoms with Crippen molar-refractivity contribution in [2.75, 3.05) is 12.4 Å². The zero-order valence-corrected chi connectivity index (χ0v) is 19.8. The van der Waals surface area contributed by atoms with Crippen LogP contribution in [0, 0.1) is 17.1 Å². The number of carbonyl (C=O) groups is 2. The monoisotopic (exact) mass is 496 g/mol. The number of nitriles is 1. The zero-order chi connectivity index (χ0) is 24.1. The molecule has 8 nitrogen and oxygen atoms in total. The number of nitrogens with zero attached hydrogens (tertiary/aromatic N) is 3. The SMILES string of the molecule is CN1SNC(C(=O)NCc2cnc(-c3ccccc3)s2)CC1C(=O)Nc1ccc(F)c(C#N)c1. The average molecular weight is 497 g/mol. The minimum absolute atomic E-state index is 0.151. The van der Waals surface area contributed by atoms with Crippen LogP contribution in [0.3, 0.4) is 0 Å². The molecule has 1 saturated heterocycles. The molecule has 3 N–H and O–H groups in total. The van der Waals surface area contributed by atoms with Gasteiger partial charge < -0.3 is 10.6 Å². The van der Waals surface area contributed by atoms with Crippen LogP contribution in [0.4, 0.5) is 10.1 Å². The van der Waals surface area contributed by atoms with Crippen molar-refractivity contribution in [1.82, 2.24) is 19.3 Å². The number of hydrogen-bond donors (Lipinski definition) is 3. The molecule has 0 aliphatic carbocycles. The number of halogens is 1.